The summed E-state index contributed by atoms with van der Waals surface area (Å²) in [6.45, 7) is 2.83. The van der Waals surface area contributed by atoms with Crippen molar-refractivity contribution in [2.45, 2.75) is 13.5 Å². The number of carbonyl (C=O) groups is 1. The van der Waals surface area contributed by atoms with Gasteiger partial charge in [-0.1, -0.05) is 0 Å². The van der Waals surface area contributed by atoms with Crippen molar-refractivity contribution in [3.8, 4) is 16.3 Å². The standard InChI is InChI=1S/C17H14BrNO3S2/c1-2-21-12-5-3-11(4-6-12)16-19-14(10-23-16)17(20)22-9-13-7-8-15(18)24-13/h3-8,10H,2,9H2,1H3. The average Bonchev–Trinajstić information content (AvgIpc) is 3.23. The van der Waals surface area contributed by atoms with Gasteiger partial charge in [0.2, 0.25) is 0 Å². The molecule has 2 heterocycles. The molecule has 0 N–H and O–H groups in total. The van der Waals surface area contributed by atoms with Crippen molar-refractivity contribution in [2.75, 3.05) is 6.61 Å². The first-order valence-corrected chi connectivity index (χ1v) is 9.74. The van der Waals surface area contributed by atoms with Gasteiger partial charge in [-0.25, -0.2) is 9.78 Å². The van der Waals surface area contributed by atoms with E-state index >= 15 is 0 Å². The number of nitrogens with zero attached hydrogens (tertiary/aromatic N) is 1. The van der Waals surface area contributed by atoms with Crippen LogP contribution < -0.4 is 4.74 Å². The summed E-state index contributed by atoms with van der Waals surface area (Å²) < 4.78 is 11.7. The van der Waals surface area contributed by atoms with E-state index in [0.29, 0.717) is 12.3 Å². The molecule has 7 heteroatoms. The van der Waals surface area contributed by atoms with Crippen molar-refractivity contribution < 1.29 is 14.3 Å². The van der Waals surface area contributed by atoms with Gasteiger partial charge in [-0.3, -0.25) is 0 Å². The molecule has 0 aliphatic carbocycles. The second kappa shape index (κ2) is 7.92. The van der Waals surface area contributed by atoms with Crippen LogP contribution in [-0.2, 0) is 11.3 Å². The molecule has 3 rings (SSSR count). The molecule has 0 radical (unpaired) electrons. The van der Waals surface area contributed by atoms with Crippen LogP contribution >= 0.6 is 38.6 Å². The second-order valence-corrected chi connectivity index (χ2v) is 8.18. The van der Waals surface area contributed by atoms with Gasteiger partial charge in [0.15, 0.2) is 5.69 Å². The maximum absolute atomic E-state index is 12.1. The maximum atomic E-state index is 12.1. The molecule has 0 amide bonds. The Labute approximate surface area is 156 Å². The number of hydrogen-bond donors (Lipinski definition) is 0. The third-order valence-electron chi connectivity index (χ3n) is 3.10. The van der Waals surface area contributed by atoms with E-state index in [1.807, 2.05) is 43.3 Å². The molecule has 0 spiro atoms. The normalized spacial score (nSPS) is 10.6. The first kappa shape index (κ1) is 17.1. The minimum absolute atomic E-state index is 0.255. The fraction of sp³-hybridized carbons (Fsp3) is 0.176. The average molecular weight is 424 g/mol. The molecule has 0 aliphatic heterocycles. The fourth-order valence-corrected chi connectivity index (χ4v) is 4.19. The molecule has 2 aromatic heterocycles. The van der Waals surface area contributed by atoms with Gasteiger partial charge < -0.3 is 9.47 Å². The number of benzene rings is 1. The predicted octanol–water partition coefficient (Wildman–Crippen LogP) is 5.39. The van der Waals surface area contributed by atoms with Gasteiger partial charge in [0.05, 0.1) is 10.4 Å². The highest BCUT2D eigenvalue weighted by molar-refractivity contribution is 9.11. The molecule has 0 saturated carbocycles. The zero-order valence-corrected chi connectivity index (χ0v) is 16.0. The molecule has 0 atom stereocenters. The molecule has 3 aromatic rings. The van der Waals surface area contributed by atoms with E-state index in [1.54, 1.807) is 16.7 Å². The van der Waals surface area contributed by atoms with Crippen molar-refractivity contribution in [1.82, 2.24) is 4.98 Å². The van der Waals surface area contributed by atoms with Gasteiger partial charge in [0.1, 0.15) is 17.4 Å². The smallest absolute Gasteiger partial charge is 0.358 e. The molecular formula is C17H14BrNO3S2. The van der Waals surface area contributed by atoms with E-state index in [2.05, 4.69) is 20.9 Å². The highest BCUT2D eigenvalue weighted by Crippen LogP contribution is 2.27. The molecule has 124 valence electrons. The Morgan fingerprint density at radius 3 is 2.67 bits per heavy atom. The van der Waals surface area contributed by atoms with E-state index < -0.39 is 5.97 Å². The number of halogens is 1. The van der Waals surface area contributed by atoms with Crippen LogP contribution in [0.1, 0.15) is 22.3 Å². The van der Waals surface area contributed by atoms with Gasteiger partial charge in [-0.2, -0.15) is 0 Å². The third kappa shape index (κ3) is 4.23. The fourth-order valence-electron chi connectivity index (χ4n) is 2.00. The SMILES string of the molecule is CCOc1ccc(-c2nc(C(=O)OCc3ccc(Br)s3)cs2)cc1. The number of esters is 1. The highest BCUT2D eigenvalue weighted by atomic mass is 79.9. The summed E-state index contributed by atoms with van der Waals surface area (Å²) in [5, 5.41) is 2.50. The number of carbonyl (C=O) groups excluding carboxylic acids is 1. The molecule has 4 nitrogen and oxygen atoms in total. The quantitative estimate of drug-likeness (QED) is 0.498. The predicted molar refractivity (Wildman–Crippen MR) is 99.9 cm³/mol. The summed E-state index contributed by atoms with van der Waals surface area (Å²) in [5.74, 6) is 0.410. The topological polar surface area (TPSA) is 48.4 Å². The van der Waals surface area contributed by atoms with Crippen LogP contribution in [0.15, 0.2) is 45.6 Å². The lowest BCUT2D eigenvalue weighted by Crippen LogP contribution is -2.04. The Hall–Kier alpha value is -1.70. The van der Waals surface area contributed by atoms with Crippen molar-refractivity contribution in [2.24, 2.45) is 0 Å². The van der Waals surface area contributed by atoms with Gasteiger partial charge in [0.25, 0.3) is 0 Å². The Kier molecular flexibility index (Phi) is 5.65. The number of thiazole rings is 1. The lowest BCUT2D eigenvalue weighted by Gasteiger charge is -2.03. The molecule has 24 heavy (non-hydrogen) atoms. The lowest BCUT2D eigenvalue weighted by molar-refractivity contribution is 0.0471. The van der Waals surface area contributed by atoms with Crippen LogP contribution in [0.5, 0.6) is 5.75 Å². The van der Waals surface area contributed by atoms with E-state index in [4.69, 9.17) is 9.47 Å². The summed E-state index contributed by atoms with van der Waals surface area (Å²) in [4.78, 5) is 17.5. The summed E-state index contributed by atoms with van der Waals surface area (Å²) in [7, 11) is 0. The second-order valence-electron chi connectivity index (χ2n) is 4.78. The van der Waals surface area contributed by atoms with Crippen LogP contribution in [0.4, 0.5) is 0 Å². The van der Waals surface area contributed by atoms with E-state index in [-0.39, 0.29) is 6.61 Å². The van der Waals surface area contributed by atoms with Crippen molar-refractivity contribution in [3.05, 3.63) is 56.1 Å². The molecule has 0 fully saturated rings. The summed E-state index contributed by atoms with van der Waals surface area (Å²) in [5.41, 5.74) is 1.28. The van der Waals surface area contributed by atoms with Crippen LogP contribution in [0.3, 0.4) is 0 Å². The largest absolute Gasteiger partial charge is 0.494 e. The minimum Gasteiger partial charge on any atom is -0.494 e. The number of hydrogen-bond acceptors (Lipinski definition) is 6. The van der Waals surface area contributed by atoms with E-state index in [1.165, 1.54) is 11.3 Å². The zero-order chi connectivity index (χ0) is 16.9. The van der Waals surface area contributed by atoms with Crippen LogP contribution in [0.2, 0.25) is 0 Å². The van der Waals surface area contributed by atoms with Crippen LogP contribution in [0, 0.1) is 0 Å². The van der Waals surface area contributed by atoms with E-state index in [9.17, 15) is 4.79 Å². The molecule has 0 unspecified atom stereocenters. The number of thiophene rings is 1. The van der Waals surface area contributed by atoms with Gasteiger partial charge in [-0.15, -0.1) is 22.7 Å². The first-order valence-electron chi connectivity index (χ1n) is 7.26. The number of aromatic nitrogens is 1. The van der Waals surface area contributed by atoms with Crippen molar-refractivity contribution >= 4 is 44.6 Å². The molecule has 0 bridgehead atoms. The van der Waals surface area contributed by atoms with E-state index in [0.717, 1.165) is 25.0 Å². The minimum atomic E-state index is -0.409. The van der Waals surface area contributed by atoms with Gasteiger partial charge in [0, 0.05) is 15.8 Å². The Bertz CT molecular complexity index is 826. The zero-order valence-electron chi connectivity index (χ0n) is 12.8. The molecular weight excluding hydrogens is 410 g/mol. The van der Waals surface area contributed by atoms with Gasteiger partial charge in [-0.05, 0) is 59.3 Å². The van der Waals surface area contributed by atoms with Crippen molar-refractivity contribution in [1.29, 1.82) is 0 Å². The molecule has 0 saturated heterocycles. The summed E-state index contributed by atoms with van der Waals surface area (Å²) in [6.07, 6.45) is 0. The highest BCUT2D eigenvalue weighted by Gasteiger charge is 2.14. The third-order valence-corrected chi connectivity index (χ3v) is 5.59. The Morgan fingerprint density at radius 2 is 2.00 bits per heavy atom. The van der Waals surface area contributed by atoms with Crippen molar-refractivity contribution in [3.63, 3.8) is 0 Å². The van der Waals surface area contributed by atoms with Crippen LogP contribution in [-0.4, -0.2) is 17.6 Å². The lowest BCUT2D eigenvalue weighted by atomic mass is 10.2. The number of ether oxygens (including phenoxy) is 2. The van der Waals surface area contributed by atoms with Crippen LogP contribution in [0.25, 0.3) is 10.6 Å². The molecule has 1 aromatic carbocycles. The first-order chi connectivity index (χ1) is 11.7. The molecule has 0 aliphatic rings. The summed E-state index contributed by atoms with van der Waals surface area (Å²) in [6, 6.07) is 11.5. The Balaban J connectivity index is 1.64. The summed E-state index contributed by atoms with van der Waals surface area (Å²) >= 11 is 6.35. The monoisotopic (exact) mass is 423 g/mol. The maximum Gasteiger partial charge on any atom is 0.358 e. The van der Waals surface area contributed by atoms with Gasteiger partial charge >= 0.3 is 5.97 Å². The Morgan fingerprint density at radius 1 is 1.21 bits per heavy atom. The number of rotatable bonds is 6.